The van der Waals surface area contributed by atoms with Gasteiger partial charge in [0.15, 0.2) is 0 Å². The molecule has 0 spiro atoms. The zero-order valence-corrected chi connectivity index (χ0v) is 16.6. The third kappa shape index (κ3) is 6.24. The van der Waals surface area contributed by atoms with E-state index in [9.17, 15) is 13.2 Å². The molecular weight excluding hydrogens is 378 g/mol. The summed E-state index contributed by atoms with van der Waals surface area (Å²) in [6, 6.07) is 14.1. The Balaban J connectivity index is 2.05. The first-order valence-electron chi connectivity index (χ1n) is 8.50. The number of ether oxygens (including phenoxy) is 1. The van der Waals surface area contributed by atoms with Crippen molar-refractivity contribution in [1.29, 1.82) is 0 Å². The minimum absolute atomic E-state index is 0.372. The van der Waals surface area contributed by atoms with Gasteiger partial charge < -0.3 is 4.74 Å². The largest absolute Gasteiger partial charge is 0.490 e. The van der Waals surface area contributed by atoms with Gasteiger partial charge in [0.25, 0.3) is 5.91 Å². The minimum Gasteiger partial charge on any atom is -0.490 e. The van der Waals surface area contributed by atoms with Crippen LogP contribution in [0.2, 0.25) is 0 Å². The molecule has 0 unspecified atom stereocenters. The zero-order chi connectivity index (χ0) is 20.6. The van der Waals surface area contributed by atoms with Crippen LogP contribution < -0.4 is 14.5 Å². The van der Waals surface area contributed by atoms with Crippen LogP contribution in [0.3, 0.4) is 0 Å². The topological polar surface area (TPSA) is 88.1 Å². The van der Waals surface area contributed by atoms with E-state index in [-0.39, 0.29) is 6.54 Å². The third-order valence-electron chi connectivity index (χ3n) is 3.70. The lowest BCUT2D eigenvalue weighted by Gasteiger charge is -2.23. The Morgan fingerprint density at radius 1 is 1.25 bits per heavy atom. The molecule has 0 aromatic heterocycles. The van der Waals surface area contributed by atoms with Gasteiger partial charge >= 0.3 is 0 Å². The first-order valence-corrected chi connectivity index (χ1v) is 10.3. The average Bonchev–Trinajstić information content (AvgIpc) is 2.65. The summed E-state index contributed by atoms with van der Waals surface area (Å²) in [4.78, 5) is 12.2. The molecule has 0 atom stereocenters. The van der Waals surface area contributed by atoms with Crippen LogP contribution in [-0.2, 0) is 14.8 Å². The van der Waals surface area contributed by atoms with E-state index in [0.717, 1.165) is 21.7 Å². The molecule has 0 saturated heterocycles. The minimum atomic E-state index is -3.63. The lowest BCUT2D eigenvalue weighted by molar-refractivity contribution is -0.119. The van der Waals surface area contributed by atoms with E-state index >= 15 is 0 Å². The van der Waals surface area contributed by atoms with Gasteiger partial charge in [-0.3, -0.25) is 9.10 Å². The fourth-order valence-electron chi connectivity index (χ4n) is 2.41. The molecule has 1 N–H and O–H groups in total. The lowest BCUT2D eigenvalue weighted by Crippen LogP contribution is -2.39. The van der Waals surface area contributed by atoms with Crippen LogP contribution in [0.25, 0.3) is 0 Å². The maximum Gasteiger partial charge on any atom is 0.260 e. The molecule has 0 saturated carbocycles. The highest BCUT2D eigenvalue weighted by Gasteiger charge is 2.21. The van der Waals surface area contributed by atoms with Crippen LogP contribution in [0.5, 0.6) is 5.75 Å². The summed E-state index contributed by atoms with van der Waals surface area (Å²) < 4.78 is 30.7. The van der Waals surface area contributed by atoms with Crippen molar-refractivity contribution in [3.63, 3.8) is 0 Å². The predicted molar refractivity (Wildman–Crippen MR) is 111 cm³/mol. The SMILES string of the molecule is C=CCOc1cccc(/C=N\NC(=O)CN(c2ccccc2C)S(C)(=O)=O)c1. The summed E-state index contributed by atoms with van der Waals surface area (Å²) >= 11 is 0. The van der Waals surface area contributed by atoms with Gasteiger partial charge in [-0.2, -0.15) is 5.10 Å². The van der Waals surface area contributed by atoms with Crippen LogP contribution in [0, 0.1) is 6.92 Å². The summed E-state index contributed by atoms with van der Waals surface area (Å²) in [5.41, 5.74) is 4.28. The second-order valence-electron chi connectivity index (χ2n) is 6.02. The number of rotatable bonds is 9. The van der Waals surface area contributed by atoms with E-state index in [0.29, 0.717) is 18.0 Å². The van der Waals surface area contributed by atoms with Crippen molar-refractivity contribution in [3.05, 3.63) is 72.3 Å². The number of amides is 1. The van der Waals surface area contributed by atoms with Crippen molar-refractivity contribution in [2.24, 2.45) is 5.10 Å². The van der Waals surface area contributed by atoms with Gasteiger partial charge in [-0.25, -0.2) is 13.8 Å². The maximum absolute atomic E-state index is 12.2. The number of hydrogen-bond donors (Lipinski definition) is 1. The summed E-state index contributed by atoms with van der Waals surface area (Å²) in [5, 5.41) is 3.89. The van der Waals surface area contributed by atoms with Crippen LogP contribution in [0.15, 0.2) is 66.3 Å². The molecule has 2 aromatic rings. The fourth-order valence-corrected chi connectivity index (χ4v) is 3.32. The Kier molecular flexibility index (Phi) is 7.34. The van der Waals surface area contributed by atoms with Gasteiger partial charge in [-0.15, -0.1) is 0 Å². The molecule has 7 nitrogen and oxygen atoms in total. The molecule has 8 heteroatoms. The highest BCUT2D eigenvalue weighted by molar-refractivity contribution is 7.92. The molecule has 2 aromatic carbocycles. The Labute approximate surface area is 165 Å². The highest BCUT2D eigenvalue weighted by atomic mass is 32.2. The molecular formula is C20H23N3O4S. The number of nitrogens with zero attached hydrogens (tertiary/aromatic N) is 2. The van der Waals surface area contributed by atoms with Gasteiger partial charge in [-0.1, -0.05) is 43.0 Å². The molecule has 0 aliphatic carbocycles. The van der Waals surface area contributed by atoms with Crippen molar-refractivity contribution in [1.82, 2.24) is 5.43 Å². The van der Waals surface area contributed by atoms with E-state index in [1.54, 1.807) is 61.5 Å². The van der Waals surface area contributed by atoms with Gasteiger partial charge in [0.2, 0.25) is 10.0 Å². The summed E-state index contributed by atoms with van der Waals surface area (Å²) in [6.45, 7) is 5.39. The molecule has 0 heterocycles. The van der Waals surface area contributed by atoms with E-state index in [1.807, 2.05) is 0 Å². The quantitative estimate of drug-likeness (QED) is 0.397. The number of para-hydroxylation sites is 1. The Morgan fingerprint density at radius 2 is 2.00 bits per heavy atom. The van der Waals surface area contributed by atoms with E-state index < -0.39 is 15.9 Å². The number of carbonyl (C=O) groups is 1. The zero-order valence-electron chi connectivity index (χ0n) is 15.8. The summed E-state index contributed by atoms with van der Waals surface area (Å²) in [6.07, 6.45) is 4.16. The second kappa shape index (κ2) is 9.70. The molecule has 28 heavy (non-hydrogen) atoms. The van der Waals surface area contributed by atoms with Crippen molar-refractivity contribution >= 4 is 27.8 Å². The van der Waals surface area contributed by atoms with Gasteiger partial charge in [0, 0.05) is 0 Å². The molecule has 0 aliphatic heterocycles. The van der Waals surface area contributed by atoms with Crippen LogP contribution >= 0.6 is 0 Å². The van der Waals surface area contributed by atoms with Crippen LogP contribution in [-0.4, -0.2) is 39.9 Å². The van der Waals surface area contributed by atoms with E-state index in [2.05, 4.69) is 17.1 Å². The highest BCUT2D eigenvalue weighted by Crippen LogP contribution is 2.21. The smallest absolute Gasteiger partial charge is 0.260 e. The summed E-state index contributed by atoms with van der Waals surface area (Å²) in [7, 11) is -3.63. The second-order valence-corrected chi connectivity index (χ2v) is 7.93. The van der Waals surface area contributed by atoms with E-state index in [4.69, 9.17) is 4.74 Å². The lowest BCUT2D eigenvalue weighted by atomic mass is 10.2. The van der Waals surface area contributed by atoms with Crippen molar-refractivity contribution in [2.45, 2.75) is 6.92 Å². The number of anilines is 1. The molecule has 0 radical (unpaired) electrons. The fraction of sp³-hybridized carbons (Fsp3) is 0.200. The Morgan fingerprint density at radius 3 is 2.68 bits per heavy atom. The molecule has 0 aliphatic rings. The Bertz CT molecular complexity index is 971. The predicted octanol–water partition coefficient (Wildman–Crippen LogP) is 2.48. The molecule has 0 fully saturated rings. The monoisotopic (exact) mass is 401 g/mol. The molecule has 148 valence electrons. The number of carbonyl (C=O) groups excluding carboxylic acids is 1. The molecule has 0 bridgehead atoms. The maximum atomic E-state index is 12.2. The summed E-state index contributed by atoms with van der Waals surface area (Å²) in [5.74, 6) is 0.0990. The van der Waals surface area contributed by atoms with Gasteiger partial charge in [0.1, 0.15) is 18.9 Å². The average molecular weight is 401 g/mol. The van der Waals surface area contributed by atoms with Crippen LogP contribution in [0.4, 0.5) is 5.69 Å². The van der Waals surface area contributed by atoms with Crippen molar-refractivity contribution < 1.29 is 17.9 Å². The first kappa shape index (κ1) is 21.2. The number of hydrogen-bond acceptors (Lipinski definition) is 5. The standard InChI is InChI=1S/C20H23N3O4S/c1-4-12-27-18-10-7-9-17(13-18)14-21-22-20(24)15-23(28(3,25)26)19-11-6-5-8-16(19)2/h4-11,13-14H,1,12,15H2,2-3H3,(H,22,24)/b21-14-. The van der Waals surface area contributed by atoms with Crippen LogP contribution in [0.1, 0.15) is 11.1 Å². The van der Waals surface area contributed by atoms with Crippen molar-refractivity contribution in [2.75, 3.05) is 23.7 Å². The number of sulfonamides is 1. The molecule has 1 amide bonds. The van der Waals surface area contributed by atoms with Gasteiger partial charge in [-0.05, 0) is 36.2 Å². The van der Waals surface area contributed by atoms with Crippen molar-refractivity contribution in [3.8, 4) is 5.75 Å². The normalized spacial score (nSPS) is 11.2. The number of hydrazone groups is 1. The number of nitrogens with one attached hydrogen (secondary N) is 1. The third-order valence-corrected chi connectivity index (χ3v) is 4.83. The first-order chi connectivity index (χ1) is 13.3. The molecule has 2 rings (SSSR count). The van der Waals surface area contributed by atoms with E-state index in [1.165, 1.54) is 6.21 Å². The Hall–Kier alpha value is -3.13. The van der Waals surface area contributed by atoms with Gasteiger partial charge in [0.05, 0.1) is 18.2 Å². The number of benzene rings is 2. The number of aryl methyl sites for hydroxylation is 1.